The molecule has 8 aromatic rings. The van der Waals surface area contributed by atoms with Crippen LogP contribution in [0.25, 0.3) is 72.7 Å². The smallest absolute Gasteiger partial charge is 0.149 e. The Hall–Kier alpha value is -6.26. The molecule has 0 atom stereocenters. The van der Waals surface area contributed by atoms with Crippen molar-refractivity contribution in [2.75, 3.05) is 0 Å². The van der Waals surface area contributed by atoms with Crippen LogP contribution in [0.4, 0.5) is 0 Å². The van der Waals surface area contributed by atoms with E-state index in [1.165, 1.54) is 0 Å². The van der Waals surface area contributed by atoms with E-state index in [2.05, 4.69) is 86.6 Å². The van der Waals surface area contributed by atoms with Crippen LogP contribution in [0.5, 0.6) is 5.75 Å². The molecular weight excluding hydrogens is 731 g/mol. The van der Waals surface area contributed by atoms with Gasteiger partial charge >= 0.3 is 0 Å². The number of imidazole rings is 1. The summed E-state index contributed by atoms with van der Waals surface area (Å²) >= 11 is 0. The van der Waals surface area contributed by atoms with E-state index in [9.17, 15) is 5.11 Å². The predicted octanol–water partition coefficient (Wildman–Crippen LogP) is 15.0. The lowest BCUT2D eigenvalue weighted by Crippen LogP contribution is -2.17. The molecule has 0 spiro atoms. The van der Waals surface area contributed by atoms with E-state index in [1.54, 1.807) is 24.4 Å². The molecule has 0 radical (unpaired) electrons. The monoisotopic (exact) mass is 793 g/mol. The molecule has 4 nitrogen and oxygen atoms in total. The number of nitrogens with zero attached hydrogens (tertiary/aromatic N) is 3. The summed E-state index contributed by atoms with van der Waals surface area (Å²) in [5.41, 5.74) is 11.4. The lowest BCUT2D eigenvalue weighted by atomic mass is 9.79. The zero-order valence-electron chi connectivity index (χ0n) is 42.1. The highest BCUT2D eigenvalue weighted by Crippen LogP contribution is 2.45. The molecule has 0 amide bonds. The first-order valence-electron chi connectivity index (χ1n) is 23.6. The molecule has 0 bridgehead atoms. The number of hydrogen-bond acceptors (Lipinski definition) is 3. The fourth-order valence-corrected chi connectivity index (χ4v) is 7.90. The van der Waals surface area contributed by atoms with Crippen LogP contribution in [-0.4, -0.2) is 19.6 Å². The quantitative estimate of drug-likeness (QED) is 0.182. The van der Waals surface area contributed by atoms with Gasteiger partial charge in [-0.25, -0.2) is 4.98 Å². The Morgan fingerprint density at radius 1 is 0.533 bits per heavy atom. The number of phenols is 1. The Morgan fingerprint density at radius 2 is 1.20 bits per heavy atom. The van der Waals surface area contributed by atoms with E-state index in [1.807, 2.05) is 95.6 Å². The third-order valence-corrected chi connectivity index (χ3v) is 11.4. The Morgan fingerprint density at radius 3 is 1.88 bits per heavy atom. The highest BCUT2D eigenvalue weighted by atomic mass is 16.3. The zero-order chi connectivity index (χ0) is 47.7. The van der Waals surface area contributed by atoms with E-state index in [0.29, 0.717) is 28.1 Å². The van der Waals surface area contributed by atoms with Crippen molar-refractivity contribution in [3.63, 3.8) is 0 Å². The van der Waals surface area contributed by atoms with Crippen LogP contribution < -0.4 is 0 Å². The van der Waals surface area contributed by atoms with Gasteiger partial charge in [-0.3, -0.25) is 9.55 Å². The first kappa shape index (κ1) is 33.6. The molecular formula is C56H57N3O. The summed E-state index contributed by atoms with van der Waals surface area (Å²) in [5.74, 6) is 0.525. The number of pyridine rings is 1. The van der Waals surface area contributed by atoms with Crippen molar-refractivity contribution in [3.8, 4) is 67.5 Å². The minimum absolute atomic E-state index is 0.0981. The van der Waals surface area contributed by atoms with Crippen LogP contribution in [-0.2, 0) is 16.2 Å². The first-order chi connectivity index (χ1) is 30.8. The summed E-state index contributed by atoms with van der Waals surface area (Å²) in [6.07, 6.45) is 1.77. The molecule has 0 saturated heterocycles. The molecule has 60 heavy (non-hydrogen) atoms. The van der Waals surface area contributed by atoms with Gasteiger partial charge in [0.05, 0.1) is 28.0 Å². The minimum atomic E-state index is -2.51. The molecule has 0 unspecified atom stereocenters. The van der Waals surface area contributed by atoms with Crippen LogP contribution in [0.15, 0.2) is 140 Å². The highest BCUT2D eigenvalue weighted by Gasteiger charge is 2.29. The molecule has 0 fully saturated rings. The van der Waals surface area contributed by atoms with Crippen LogP contribution in [0.1, 0.15) is 98.4 Å². The van der Waals surface area contributed by atoms with E-state index < -0.39 is 19.1 Å². The molecule has 0 aliphatic rings. The second-order valence-electron chi connectivity index (χ2n) is 19.0. The van der Waals surface area contributed by atoms with Crippen LogP contribution in [0.3, 0.4) is 0 Å². The number of para-hydroxylation sites is 1. The lowest BCUT2D eigenvalue weighted by molar-refractivity contribution is 0.446. The van der Waals surface area contributed by atoms with Crippen molar-refractivity contribution in [3.05, 3.63) is 167 Å². The fourth-order valence-electron chi connectivity index (χ4n) is 7.90. The standard InChI is InChI=1S/C56H57N3O/c1-35-20-22-38(23-21-35)40-26-27-57-48(32-40)42-29-41(30-43(31-42)54(3,4)5)45-18-15-19-50-51(45)58-53(46-33-44(55(6,7)8)34-47(52(46)60)56(9,10)11)59(50)49-25-24-39(28-36(49)2)37-16-13-12-14-17-37/h12-34,60H,1-11H3/i1D3,2D3. The maximum Gasteiger partial charge on any atom is 0.149 e. The lowest BCUT2D eigenvalue weighted by Gasteiger charge is -2.27. The van der Waals surface area contributed by atoms with Crippen molar-refractivity contribution in [1.29, 1.82) is 0 Å². The summed E-state index contributed by atoms with van der Waals surface area (Å²) < 4.78 is 52.2. The zero-order valence-corrected chi connectivity index (χ0v) is 36.1. The fraction of sp³-hybridized carbons (Fsp3) is 0.250. The van der Waals surface area contributed by atoms with E-state index in [4.69, 9.17) is 18.2 Å². The van der Waals surface area contributed by atoms with Crippen molar-refractivity contribution >= 4 is 11.0 Å². The second-order valence-corrected chi connectivity index (χ2v) is 19.0. The van der Waals surface area contributed by atoms with Crippen LogP contribution >= 0.6 is 0 Å². The maximum absolute atomic E-state index is 12.4. The Bertz CT molecular complexity index is 3110. The number of benzene rings is 6. The van der Waals surface area contributed by atoms with Crippen molar-refractivity contribution in [2.45, 2.75) is 92.3 Å². The molecule has 1 N–H and O–H groups in total. The van der Waals surface area contributed by atoms with Crippen molar-refractivity contribution in [1.82, 2.24) is 14.5 Å². The molecule has 2 aromatic heterocycles. The normalized spacial score (nSPS) is 14.2. The van der Waals surface area contributed by atoms with Gasteiger partial charge in [0.15, 0.2) is 0 Å². The van der Waals surface area contributed by atoms with Gasteiger partial charge in [0.1, 0.15) is 11.6 Å². The van der Waals surface area contributed by atoms with Gasteiger partial charge in [-0.15, -0.1) is 0 Å². The van der Waals surface area contributed by atoms with Gasteiger partial charge in [0.2, 0.25) is 0 Å². The molecule has 8 rings (SSSR count). The highest BCUT2D eigenvalue weighted by molar-refractivity contribution is 5.97. The maximum atomic E-state index is 12.4. The average molecular weight is 794 g/mol. The number of phenolic OH excluding ortho intramolecular Hbond substituents is 1. The van der Waals surface area contributed by atoms with E-state index >= 15 is 0 Å². The third-order valence-electron chi connectivity index (χ3n) is 11.4. The second kappa shape index (κ2) is 15.1. The molecule has 302 valence electrons. The number of fused-ring (bicyclic) bond motifs is 1. The number of aromatic hydroxyl groups is 1. The van der Waals surface area contributed by atoms with Gasteiger partial charge in [0.25, 0.3) is 0 Å². The van der Waals surface area contributed by atoms with Gasteiger partial charge in [-0.05, 0) is 123 Å². The number of aryl methyl sites for hydroxylation is 2. The van der Waals surface area contributed by atoms with Gasteiger partial charge < -0.3 is 5.11 Å². The van der Waals surface area contributed by atoms with Crippen LogP contribution in [0.2, 0.25) is 0 Å². The summed E-state index contributed by atoms with van der Waals surface area (Å²) in [6, 6.07) is 42.8. The predicted molar refractivity (Wildman–Crippen MR) is 253 cm³/mol. The molecule has 0 saturated carbocycles. The molecule has 0 aliphatic carbocycles. The Balaban J connectivity index is 1.41. The van der Waals surface area contributed by atoms with Crippen LogP contribution in [0, 0.1) is 13.7 Å². The van der Waals surface area contributed by atoms with Crippen molar-refractivity contribution < 1.29 is 13.3 Å². The minimum Gasteiger partial charge on any atom is -0.507 e. The molecule has 2 heterocycles. The first-order valence-corrected chi connectivity index (χ1v) is 20.6. The number of rotatable bonds is 6. The third kappa shape index (κ3) is 7.79. The average Bonchev–Trinajstić information content (AvgIpc) is 3.64. The summed E-state index contributed by atoms with van der Waals surface area (Å²) in [5, 5.41) is 12.4. The summed E-state index contributed by atoms with van der Waals surface area (Å²) in [6.45, 7) is 14.5. The molecule has 0 aliphatic heterocycles. The summed E-state index contributed by atoms with van der Waals surface area (Å²) in [7, 11) is 0. The Labute approximate surface area is 365 Å². The van der Waals surface area contributed by atoms with Gasteiger partial charge in [0, 0.05) is 31.1 Å². The Kier molecular flexibility index (Phi) is 8.44. The van der Waals surface area contributed by atoms with Crippen molar-refractivity contribution in [2.24, 2.45) is 0 Å². The largest absolute Gasteiger partial charge is 0.507 e. The molecule has 6 aromatic carbocycles. The van der Waals surface area contributed by atoms with Gasteiger partial charge in [-0.2, -0.15) is 0 Å². The van der Waals surface area contributed by atoms with E-state index in [-0.39, 0.29) is 27.7 Å². The van der Waals surface area contributed by atoms with Gasteiger partial charge in [-0.1, -0.05) is 153 Å². The number of aromatic nitrogens is 3. The molecule has 4 heteroatoms. The summed E-state index contributed by atoms with van der Waals surface area (Å²) in [4.78, 5) is 10.3. The number of hydrogen-bond donors (Lipinski definition) is 1. The topological polar surface area (TPSA) is 50.9 Å². The van der Waals surface area contributed by atoms with E-state index in [0.717, 1.165) is 61.3 Å². The SMILES string of the molecule is [2H]C([2H])([2H])c1ccc(-c2ccnc(-c3cc(-c4cccc5c4nc(-c4cc(C(C)(C)C)cc(C(C)(C)C)c4O)n5-c4ccc(-c5ccccc5)cc4C([2H])([2H])[2H])cc(C(C)(C)C)c3)c2)cc1.